The molecule has 5 nitrogen and oxygen atoms in total. The minimum Gasteiger partial charge on any atom is -0.507 e. The maximum absolute atomic E-state index is 11.6. The number of benzene rings is 1. The lowest BCUT2D eigenvalue weighted by Gasteiger charge is -2.04. The van der Waals surface area contributed by atoms with Gasteiger partial charge in [-0.25, -0.2) is 9.59 Å². The van der Waals surface area contributed by atoms with E-state index in [9.17, 15) is 14.7 Å². The first kappa shape index (κ1) is 12.6. The number of halogens is 1. The van der Waals surface area contributed by atoms with Crippen LogP contribution in [0.25, 0.3) is 11.0 Å². The molecule has 0 amide bonds. The zero-order valence-electron chi connectivity index (χ0n) is 9.40. The van der Waals surface area contributed by atoms with E-state index < -0.39 is 11.6 Å². The van der Waals surface area contributed by atoms with E-state index >= 15 is 0 Å². The van der Waals surface area contributed by atoms with E-state index in [0.29, 0.717) is 5.39 Å². The molecule has 6 heteroatoms. The highest BCUT2D eigenvalue weighted by molar-refractivity contribution is 9.10. The van der Waals surface area contributed by atoms with Gasteiger partial charge in [-0.15, -0.1) is 0 Å². The largest absolute Gasteiger partial charge is 0.507 e. The molecule has 0 saturated carbocycles. The highest BCUT2D eigenvalue weighted by atomic mass is 79.9. The van der Waals surface area contributed by atoms with Crippen molar-refractivity contribution in [3.8, 4) is 5.75 Å². The summed E-state index contributed by atoms with van der Waals surface area (Å²) in [5, 5.41) is 9.99. The molecule has 18 heavy (non-hydrogen) atoms. The molecule has 0 saturated heterocycles. The third-order valence-corrected chi connectivity index (χ3v) is 3.08. The van der Waals surface area contributed by atoms with Gasteiger partial charge in [0.05, 0.1) is 6.61 Å². The molecule has 94 valence electrons. The Hall–Kier alpha value is -1.82. The van der Waals surface area contributed by atoms with Gasteiger partial charge in [0.15, 0.2) is 5.58 Å². The van der Waals surface area contributed by atoms with Crippen LogP contribution >= 0.6 is 15.9 Å². The van der Waals surface area contributed by atoms with Gasteiger partial charge >= 0.3 is 11.6 Å². The highest BCUT2D eigenvalue weighted by Gasteiger charge is 2.16. The van der Waals surface area contributed by atoms with Gasteiger partial charge in [0.1, 0.15) is 15.8 Å². The summed E-state index contributed by atoms with van der Waals surface area (Å²) in [7, 11) is 0. The van der Waals surface area contributed by atoms with Gasteiger partial charge in [-0.05, 0) is 41.1 Å². The first-order chi connectivity index (χ1) is 8.54. The summed E-state index contributed by atoms with van der Waals surface area (Å²) in [6.07, 6.45) is 0. The van der Waals surface area contributed by atoms with E-state index in [1.807, 2.05) is 0 Å². The minimum atomic E-state index is -0.799. The number of phenols is 1. The zero-order valence-corrected chi connectivity index (χ0v) is 11.0. The van der Waals surface area contributed by atoms with Gasteiger partial charge < -0.3 is 14.3 Å². The first-order valence-corrected chi connectivity index (χ1v) is 5.96. The second kappa shape index (κ2) is 4.81. The maximum atomic E-state index is 11.6. The lowest BCUT2D eigenvalue weighted by molar-refractivity contribution is 0.0522. The van der Waals surface area contributed by atoms with Crippen molar-refractivity contribution in [2.45, 2.75) is 6.92 Å². The van der Waals surface area contributed by atoms with E-state index in [-0.39, 0.29) is 28.0 Å². The summed E-state index contributed by atoms with van der Waals surface area (Å²) in [5.41, 5.74) is -0.776. The molecule has 0 spiro atoms. The number of fused-ring (bicyclic) bond motifs is 1. The number of rotatable bonds is 2. The molecular formula is C12H9BrO5. The standard InChI is InChI=1S/C12H9BrO5/c1-2-17-11(15)7-5-6-3-4-8(14)9(13)10(6)18-12(7)16/h3-5,14H,2H2,1H3. The number of esters is 1. The third kappa shape index (κ3) is 2.11. The van der Waals surface area contributed by atoms with Gasteiger partial charge in [0, 0.05) is 5.39 Å². The molecule has 0 bridgehead atoms. The fourth-order valence-electron chi connectivity index (χ4n) is 1.49. The Kier molecular flexibility index (Phi) is 3.38. The van der Waals surface area contributed by atoms with Crippen molar-refractivity contribution in [1.82, 2.24) is 0 Å². The molecular weight excluding hydrogens is 304 g/mol. The average Bonchev–Trinajstić information content (AvgIpc) is 2.34. The molecule has 0 atom stereocenters. The SMILES string of the molecule is CCOC(=O)c1cc2ccc(O)c(Br)c2oc1=O. The quantitative estimate of drug-likeness (QED) is 0.681. The predicted molar refractivity (Wildman–Crippen MR) is 67.8 cm³/mol. The molecule has 0 radical (unpaired) electrons. The van der Waals surface area contributed by atoms with Gasteiger partial charge in [0.2, 0.25) is 0 Å². The van der Waals surface area contributed by atoms with Crippen LogP contribution in [0.2, 0.25) is 0 Å². The molecule has 1 heterocycles. The van der Waals surface area contributed by atoms with E-state index in [4.69, 9.17) is 9.15 Å². The summed E-state index contributed by atoms with van der Waals surface area (Å²) in [6, 6.07) is 4.35. The molecule has 0 aliphatic rings. The van der Waals surface area contributed by atoms with Crippen molar-refractivity contribution < 1.29 is 19.1 Å². The Bertz CT molecular complexity index is 674. The topological polar surface area (TPSA) is 76.7 Å². The highest BCUT2D eigenvalue weighted by Crippen LogP contribution is 2.31. The average molecular weight is 313 g/mol. The Labute approximate surface area is 110 Å². The van der Waals surface area contributed by atoms with E-state index in [1.165, 1.54) is 12.1 Å². The van der Waals surface area contributed by atoms with Crippen LogP contribution in [-0.2, 0) is 4.74 Å². The summed E-state index contributed by atoms with van der Waals surface area (Å²) in [4.78, 5) is 23.2. The fraction of sp³-hybridized carbons (Fsp3) is 0.167. The lowest BCUT2D eigenvalue weighted by Crippen LogP contribution is -2.16. The Morgan fingerprint density at radius 3 is 2.89 bits per heavy atom. The van der Waals surface area contributed by atoms with Crippen molar-refractivity contribution in [2.24, 2.45) is 0 Å². The van der Waals surface area contributed by atoms with Crippen molar-refractivity contribution in [3.63, 3.8) is 0 Å². The molecule has 1 N–H and O–H groups in total. The number of hydrogen-bond donors (Lipinski definition) is 1. The molecule has 0 aliphatic heterocycles. The Balaban J connectivity index is 2.67. The normalized spacial score (nSPS) is 10.6. The maximum Gasteiger partial charge on any atom is 0.351 e. The molecule has 2 rings (SSSR count). The van der Waals surface area contributed by atoms with Gasteiger partial charge in [-0.1, -0.05) is 0 Å². The molecule has 1 aromatic carbocycles. The van der Waals surface area contributed by atoms with E-state index in [1.54, 1.807) is 13.0 Å². The van der Waals surface area contributed by atoms with Crippen LogP contribution in [0.5, 0.6) is 5.75 Å². The van der Waals surface area contributed by atoms with Crippen LogP contribution in [0.1, 0.15) is 17.3 Å². The second-order valence-electron chi connectivity index (χ2n) is 3.49. The predicted octanol–water partition coefficient (Wildman–Crippen LogP) is 2.44. The van der Waals surface area contributed by atoms with E-state index in [0.717, 1.165) is 0 Å². The van der Waals surface area contributed by atoms with Crippen molar-refractivity contribution >= 4 is 32.9 Å². The van der Waals surface area contributed by atoms with Crippen LogP contribution in [-0.4, -0.2) is 17.7 Å². The van der Waals surface area contributed by atoms with Crippen LogP contribution in [0.15, 0.2) is 31.9 Å². The number of carbonyl (C=O) groups excluding carboxylic acids is 1. The molecule has 0 fully saturated rings. The van der Waals surface area contributed by atoms with Crippen LogP contribution in [0.4, 0.5) is 0 Å². The number of phenolic OH excluding ortho intramolecular Hbond substituents is 1. The van der Waals surface area contributed by atoms with Gasteiger partial charge in [-0.2, -0.15) is 0 Å². The van der Waals surface area contributed by atoms with Crippen molar-refractivity contribution in [1.29, 1.82) is 0 Å². The second-order valence-corrected chi connectivity index (χ2v) is 4.28. The summed E-state index contributed by atoms with van der Waals surface area (Å²) in [5.74, 6) is -0.771. The lowest BCUT2D eigenvalue weighted by atomic mass is 10.2. The number of aromatic hydroxyl groups is 1. The van der Waals surface area contributed by atoms with Crippen LogP contribution < -0.4 is 5.63 Å². The smallest absolute Gasteiger partial charge is 0.351 e. The van der Waals surface area contributed by atoms with Crippen molar-refractivity contribution in [3.05, 3.63) is 38.7 Å². The third-order valence-electron chi connectivity index (χ3n) is 2.32. The molecule has 1 aromatic heterocycles. The van der Waals surface area contributed by atoms with Crippen LogP contribution in [0.3, 0.4) is 0 Å². The number of ether oxygens (including phenoxy) is 1. The van der Waals surface area contributed by atoms with Crippen molar-refractivity contribution in [2.75, 3.05) is 6.61 Å². The van der Waals surface area contributed by atoms with Gasteiger partial charge in [0.25, 0.3) is 0 Å². The van der Waals surface area contributed by atoms with Gasteiger partial charge in [-0.3, -0.25) is 0 Å². The first-order valence-electron chi connectivity index (χ1n) is 5.17. The Morgan fingerprint density at radius 1 is 1.50 bits per heavy atom. The molecule has 0 aliphatic carbocycles. The summed E-state index contributed by atoms with van der Waals surface area (Å²) in [6.45, 7) is 1.82. The minimum absolute atomic E-state index is 0.0467. The van der Waals surface area contributed by atoms with Crippen LogP contribution in [0, 0.1) is 0 Å². The molecule has 0 unspecified atom stereocenters. The monoisotopic (exact) mass is 312 g/mol. The summed E-state index contributed by atoms with van der Waals surface area (Å²) >= 11 is 3.11. The Morgan fingerprint density at radius 2 is 2.22 bits per heavy atom. The fourth-order valence-corrected chi connectivity index (χ4v) is 1.93. The number of hydrogen-bond acceptors (Lipinski definition) is 5. The zero-order chi connectivity index (χ0) is 13.3. The molecule has 2 aromatic rings. The number of carbonyl (C=O) groups is 1. The summed E-state index contributed by atoms with van der Waals surface area (Å²) < 4.78 is 10.0. The van der Waals surface area contributed by atoms with E-state index in [2.05, 4.69) is 15.9 Å².